The van der Waals surface area contributed by atoms with E-state index in [2.05, 4.69) is 33.2 Å². The van der Waals surface area contributed by atoms with Gasteiger partial charge in [0, 0.05) is 30.9 Å². The quantitative estimate of drug-likeness (QED) is 0.480. The van der Waals surface area contributed by atoms with E-state index >= 15 is 0 Å². The van der Waals surface area contributed by atoms with E-state index in [0.29, 0.717) is 17.7 Å². The largest absolute Gasteiger partial charge is 0.445 e. The molecular weight excluding hydrogens is 394 g/mol. The van der Waals surface area contributed by atoms with E-state index in [4.69, 9.17) is 10.00 Å². The van der Waals surface area contributed by atoms with Crippen LogP contribution in [0.5, 0.6) is 0 Å². The van der Waals surface area contributed by atoms with E-state index in [1.807, 2.05) is 26.0 Å². The molecule has 8 nitrogen and oxygen atoms in total. The number of ether oxygens (including phenoxy) is 1. The van der Waals surface area contributed by atoms with Crippen LogP contribution in [-0.2, 0) is 22.4 Å². The number of aromatic amines is 1. The number of imidazole rings is 1. The molecule has 2 amide bonds. The molecule has 0 aliphatic heterocycles. The molecule has 2 aromatic rings. The highest BCUT2D eigenvalue weighted by Crippen LogP contribution is 2.10. The summed E-state index contributed by atoms with van der Waals surface area (Å²) in [4.78, 5) is 31.7. The lowest BCUT2D eigenvalue weighted by atomic mass is 9.99. The Morgan fingerprint density at radius 2 is 2.10 bits per heavy atom. The number of carbonyl (C=O) groups excluding carboxylic acids is 2. The first-order valence-electron chi connectivity index (χ1n) is 10.3. The van der Waals surface area contributed by atoms with Gasteiger partial charge in [-0.1, -0.05) is 45.1 Å². The van der Waals surface area contributed by atoms with Gasteiger partial charge >= 0.3 is 6.09 Å². The number of nitrogens with zero attached hydrogens (tertiary/aromatic N) is 2. The SMILES string of the molecule is C=CCOC(=O)NC[C@@H](NC(=O)Cc1cnc(Cc2ccc(C#N)cc2)[nH]1)[C@@H](C)CC. The van der Waals surface area contributed by atoms with Crippen LogP contribution >= 0.6 is 0 Å². The van der Waals surface area contributed by atoms with Gasteiger partial charge in [0.15, 0.2) is 0 Å². The third-order valence-corrected chi connectivity index (χ3v) is 4.96. The Bertz CT molecular complexity index is 914. The van der Waals surface area contributed by atoms with Gasteiger partial charge in [-0.25, -0.2) is 9.78 Å². The maximum absolute atomic E-state index is 12.6. The maximum Gasteiger partial charge on any atom is 0.407 e. The van der Waals surface area contributed by atoms with Gasteiger partial charge in [-0.05, 0) is 23.6 Å². The molecule has 0 saturated carbocycles. The number of benzene rings is 1. The van der Waals surface area contributed by atoms with Crippen molar-refractivity contribution in [2.24, 2.45) is 5.92 Å². The summed E-state index contributed by atoms with van der Waals surface area (Å²) in [5.74, 6) is 0.773. The second kappa shape index (κ2) is 12.2. The third-order valence-electron chi connectivity index (χ3n) is 4.96. The molecule has 0 aliphatic carbocycles. The van der Waals surface area contributed by atoms with Crippen molar-refractivity contribution in [3.63, 3.8) is 0 Å². The summed E-state index contributed by atoms with van der Waals surface area (Å²) in [5, 5.41) is 14.5. The van der Waals surface area contributed by atoms with Crippen LogP contribution in [0.15, 0.2) is 43.1 Å². The first-order chi connectivity index (χ1) is 14.9. The Morgan fingerprint density at radius 3 is 2.74 bits per heavy atom. The normalized spacial score (nSPS) is 12.3. The Kier molecular flexibility index (Phi) is 9.30. The van der Waals surface area contributed by atoms with Crippen molar-refractivity contribution in [2.45, 2.75) is 39.2 Å². The zero-order chi connectivity index (χ0) is 22.6. The Morgan fingerprint density at radius 1 is 1.35 bits per heavy atom. The van der Waals surface area contributed by atoms with Crippen LogP contribution in [0.2, 0.25) is 0 Å². The smallest absolute Gasteiger partial charge is 0.407 e. The van der Waals surface area contributed by atoms with E-state index in [-0.39, 0.29) is 37.4 Å². The number of alkyl carbamates (subject to hydrolysis) is 1. The minimum absolute atomic E-state index is 0.136. The molecule has 31 heavy (non-hydrogen) atoms. The molecule has 1 aromatic carbocycles. The molecule has 3 N–H and O–H groups in total. The van der Waals surface area contributed by atoms with Crippen LogP contribution in [-0.4, -0.2) is 41.2 Å². The van der Waals surface area contributed by atoms with Crippen LogP contribution in [0.3, 0.4) is 0 Å². The summed E-state index contributed by atoms with van der Waals surface area (Å²) in [6.07, 6.45) is 4.21. The topological polar surface area (TPSA) is 120 Å². The first-order valence-corrected chi connectivity index (χ1v) is 10.3. The lowest BCUT2D eigenvalue weighted by Gasteiger charge is -2.24. The molecule has 8 heteroatoms. The Balaban J connectivity index is 1.89. The number of aromatic nitrogens is 2. The standard InChI is InChI=1S/C23H29N5O3/c1-4-10-31-23(30)26-15-20(16(3)5-2)28-22(29)12-19-14-25-21(27-19)11-17-6-8-18(13-24)9-7-17/h4,6-9,14,16,20H,1,5,10-12,15H2,2-3H3,(H,25,27)(H,26,30)(H,28,29)/t16-,20+/m0/s1. The van der Waals surface area contributed by atoms with Crippen LogP contribution in [0.1, 0.15) is 42.9 Å². The zero-order valence-electron chi connectivity index (χ0n) is 18.0. The predicted molar refractivity (Wildman–Crippen MR) is 117 cm³/mol. The monoisotopic (exact) mass is 423 g/mol. The molecule has 0 radical (unpaired) electrons. The van der Waals surface area contributed by atoms with Gasteiger partial charge in [0.25, 0.3) is 0 Å². The second-order valence-corrected chi connectivity index (χ2v) is 7.34. The number of nitriles is 1. The molecule has 2 atom stereocenters. The van der Waals surface area contributed by atoms with Crippen molar-refractivity contribution in [1.29, 1.82) is 5.26 Å². The van der Waals surface area contributed by atoms with Crippen molar-refractivity contribution in [3.05, 3.63) is 65.8 Å². The molecular formula is C23H29N5O3. The predicted octanol–water partition coefficient (Wildman–Crippen LogP) is 2.86. The van der Waals surface area contributed by atoms with Crippen molar-refractivity contribution < 1.29 is 14.3 Å². The lowest BCUT2D eigenvalue weighted by molar-refractivity contribution is -0.121. The van der Waals surface area contributed by atoms with Crippen LogP contribution in [0.4, 0.5) is 4.79 Å². The summed E-state index contributed by atoms with van der Waals surface area (Å²) < 4.78 is 4.91. The number of H-pyrrole nitrogens is 1. The van der Waals surface area contributed by atoms with Crippen LogP contribution < -0.4 is 10.6 Å². The summed E-state index contributed by atoms with van der Waals surface area (Å²) in [7, 11) is 0. The van der Waals surface area contributed by atoms with Gasteiger partial charge in [-0.3, -0.25) is 4.79 Å². The lowest BCUT2D eigenvalue weighted by Crippen LogP contribution is -2.47. The van der Waals surface area contributed by atoms with Crippen molar-refractivity contribution in [2.75, 3.05) is 13.2 Å². The Hall–Kier alpha value is -3.60. The molecule has 0 spiro atoms. The van der Waals surface area contributed by atoms with Crippen molar-refractivity contribution in [3.8, 4) is 6.07 Å². The van der Waals surface area contributed by atoms with Crippen molar-refractivity contribution >= 4 is 12.0 Å². The number of nitrogens with one attached hydrogen (secondary N) is 3. The highest BCUT2D eigenvalue weighted by molar-refractivity contribution is 5.78. The fourth-order valence-electron chi connectivity index (χ4n) is 2.96. The zero-order valence-corrected chi connectivity index (χ0v) is 18.0. The van der Waals surface area contributed by atoms with Crippen LogP contribution in [0, 0.1) is 17.2 Å². The molecule has 1 aromatic heterocycles. The highest BCUT2D eigenvalue weighted by Gasteiger charge is 2.20. The molecule has 0 fully saturated rings. The van der Waals surface area contributed by atoms with Gasteiger partial charge in [0.05, 0.1) is 18.1 Å². The fourth-order valence-corrected chi connectivity index (χ4v) is 2.96. The van der Waals surface area contributed by atoms with Gasteiger partial charge < -0.3 is 20.4 Å². The number of hydrogen-bond donors (Lipinski definition) is 3. The molecule has 0 unspecified atom stereocenters. The fraction of sp³-hybridized carbons (Fsp3) is 0.391. The van der Waals surface area contributed by atoms with E-state index < -0.39 is 6.09 Å². The summed E-state index contributed by atoms with van der Waals surface area (Å²) in [6.45, 7) is 7.97. The Labute approximate surface area is 182 Å². The summed E-state index contributed by atoms with van der Waals surface area (Å²) in [6, 6.07) is 9.19. The minimum Gasteiger partial charge on any atom is -0.445 e. The molecule has 1 heterocycles. The molecule has 0 saturated heterocycles. The van der Waals surface area contributed by atoms with E-state index in [9.17, 15) is 9.59 Å². The number of hydrogen-bond acceptors (Lipinski definition) is 5. The molecule has 2 rings (SSSR count). The third kappa shape index (κ3) is 7.97. The van der Waals surface area contributed by atoms with Gasteiger partial charge in [-0.2, -0.15) is 5.26 Å². The van der Waals surface area contributed by atoms with E-state index in [1.54, 1.807) is 18.3 Å². The minimum atomic E-state index is -0.538. The number of rotatable bonds is 11. The van der Waals surface area contributed by atoms with Crippen molar-refractivity contribution in [1.82, 2.24) is 20.6 Å². The van der Waals surface area contributed by atoms with Crippen LogP contribution in [0.25, 0.3) is 0 Å². The van der Waals surface area contributed by atoms with Gasteiger partial charge in [0.2, 0.25) is 5.91 Å². The average molecular weight is 424 g/mol. The maximum atomic E-state index is 12.6. The number of amides is 2. The summed E-state index contributed by atoms with van der Waals surface area (Å²) in [5.41, 5.74) is 2.35. The van der Waals surface area contributed by atoms with Gasteiger partial charge in [-0.15, -0.1) is 0 Å². The molecule has 164 valence electrons. The number of carbonyl (C=O) groups is 2. The molecule has 0 aliphatic rings. The van der Waals surface area contributed by atoms with E-state index in [0.717, 1.165) is 17.8 Å². The molecule has 0 bridgehead atoms. The van der Waals surface area contributed by atoms with Gasteiger partial charge in [0.1, 0.15) is 12.4 Å². The summed E-state index contributed by atoms with van der Waals surface area (Å²) >= 11 is 0. The second-order valence-electron chi connectivity index (χ2n) is 7.34. The van der Waals surface area contributed by atoms with E-state index in [1.165, 1.54) is 6.08 Å². The average Bonchev–Trinajstić information content (AvgIpc) is 3.21. The first kappa shape index (κ1) is 23.7. The highest BCUT2D eigenvalue weighted by atomic mass is 16.5.